The molecular formula is C11H10BrN3O2. The van der Waals surface area contributed by atoms with Crippen LogP contribution < -0.4 is 16.6 Å². The Morgan fingerprint density at radius 3 is 2.71 bits per heavy atom. The minimum absolute atomic E-state index is 0.0327. The molecule has 0 spiro atoms. The van der Waals surface area contributed by atoms with Gasteiger partial charge >= 0.3 is 5.69 Å². The standard InChI is InChI=1S/C11H10BrN3O2/c12-8-3-1-2-7-9(8)14-11(17)15(10(7)16)6-4-13-5-6/h1-3,6,13H,4-5H2,(H,14,17). The third-order valence-corrected chi connectivity index (χ3v) is 3.70. The summed E-state index contributed by atoms with van der Waals surface area (Å²) in [6.45, 7) is 1.34. The molecule has 0 saturated carbocycles. The zero-order valence-corrected chi connectivity index (χ0v) is 10.5. The first-order valence-electron chi connectivity index (χ1n) is 5.32. The van der Waals surface area contributed by atoms with E-state index in [4.69, 9.17) is 0 Å². The minimum Gasteiger partial charge on any atom is -0.312 e. The van der Waals surface area contributed by atoms with E-state index in [0.717, 1.165) is 4.47 Å². The maximum absolute atomic E-state index is 12.2. The summed E-state index contributed by atoms with van der Waals surface area (Å²) >= 11 is 3.33. The second kappa shape index (κ2) is 3.82. The first kappa shape index (κ1) is 10.7. The maximum atomic E-state index is 12.2. The molecule has 88 valence electrons. The molecule has 0 bridgehead atoms. The highest BCUT2D eigenvalue weighted by Gasteiger charge is 2.23. The monoisotopic (exact) mass is 295 g/mol. The van der Waals surface area contributed by atoms with Gasteiger partial charge in [0.2, 0.25) is 0 Å². The lowest BCUT2D eigenvalue weighted by atomic mass is 10.1. The van der Waals surface area contributed by atoms with Gasteiger partial charge in [-0.05, 0) is 28.1 Å². The Hall–Kier alpha value is -1.40. The van der Waals surface area contributed by atoms with Crippen molar-refractivity contribution in [2.24, 2.45) is 0 Å². The summed E-state index contributed by atoms with van der Waals surface area (Å²) in [6, 6.07) is 5.28. The van der Waals surface area contributed by atoms with Crippen molar-refractivity contribution in [2.45, 2.75) is 6.04 Å². The summed E-state index contributed by atoms with van der Waals surface area (Å²) in [7, 11) is 0. The smallest absolute Gasteiger partial charge is 0.312 e. The third-order valence-electron chi connectivity index (χ3n) is 3.04. The van der Waals surface area contributed by atoms with E-state index in [9.17, 15) is 9.59 Å². The van der Waals surface area contributed by atoms with Gasteiger partial charge in [0, 0.05) is 17.6 Å². The van der Waals surface area contributed by atoms with Crippen LogP contribution in [0.5, 0.6) is 0 Å². The minimum atomic E-state index is -0.346. The van der Waals surface area contributed by atoms with Crippen LogP contribution in [0, 0.1) is 0 Å². The molecule has 0 aliphatic carbocycles. The highest BCUT2D eigenvalue weighted by atomic mass is 79.9. The number of hydrogen-bond acceptors (Lipinski definition) is 3. The Morgan fingerprint density at radius 1 is 1.29 bits per heavy atom. The largest absolute Gasteiger partial charge is 0.329 e. The number of benzene rings is 1. The van der Waals surface area contributed by atoms with Crippen LogP contribution in [0.25, 0.3) is 10.9 Å². The number of H-pyrrole nitrogens is 1. The summed E-state index contributed by atoms with van der Waals surface area (Å²) in [4.78, 5) is 26.9. The average Bonchev–Trinajstić information content (AvgIpc) is 2.23. The van der Waals surface area contributed by atoms with Gasteiger partial charge in [0.25, 0.3) is 5.56 Å². The first-order chi connectivity index (χ1) is 8.18. The Bertz CT molecular complexity index is 700. The van der Waals surface area contributed by atoms with Crippen molar-refractivity contribution in [1.29, 1.82) is 0 Å². The number of aromatic amines is 1. The summed E-state index contributed by atoms with van der Waals surface area (Å²) in [6.07, 6.45) is 0. The molecule has 3 rings (SSSR count). The molecule has 1 aromatic carbocycles. The van der Waals surface area contributed by atoms with Gasteiger partial charge in [0.1, 0.15) is 0 Å². The fourth-order valence-corrected chi connectivity index (χ4v) is 2.47. The van der Waals surface area contributed by atoms with Crippen LogP contribution in [0.15, 0.2) is 32.3 Å². The van der Waals surface area contributed by atoms with Crippen molar-refractivity contribution < 1.29 is 0 Å². The fraction of sp³-hybridized carbons (Fsp3) is 0.273. The maximum Gasteiger partial charge on any atom is 0.329 e. The summed E-state index contributed by atoms with van der Waals surface area (Å²) in [5.74, 6) is 0. The molecule has 5 nitrogen and oxygen atoms in total. The van der Waals surface area contributed by atoms with Gasteiger partial charge in [-0.15, -0.1) is 0 Å². The van der Waals surface area contributed by atoms with Crippen molar-refractivity contribution in [3.8, 4) is 0 Å². The van der Waals surface area contributed by atoms with Crippen molar-refractivity contribution in [2.75, 3.05) is 13.1 Å². The predicted molar refractivity (Wildman–Crippen MR) is 68.4 cm³/mol. The van der Waals surface area contributed by atoms with Gasteiger partial charge in [-0.3, -0.25) is 9.36 Å². The quantitative estimate of drug-likeness (QED) is 0.809. The van der Waals surface area contributed by atoms with E-state index in [1.807, 2.05) is 0 Å². The Balaban J connectivity index is 2.39. The molecule has 17 heavy (non-hydrogen) atoms. The number of nitrogens with one attached hydrogen (secondary N) is 2. The van der Waals surface area contributed by atoms with Crippen LogP contribution in [0.1, 0.15) is 6.04 Å². The van der Waals surface area contributed by atoms with Crippen LogP contribution in [-0.2, 0) is 0 Å². The van der Waals surface area contributed by atoms with E-state index in [-0.39, 0.29) is 17.3 Å². The second-order valence-electron chi connectivity index (χ2n) is 4.08. The molecule has 0 atom stereocenters. The SMILES string of the molecule is O=c1[nH]c2c(Br)cccc2c(=O)n1C1CNC1. The van der Waals surface area contributed by atoms with Crippen LogP contribution in [0.4, 0.5) is 0 Å². The lowest BCUT2D eigenvalue weighted by Crippen LogP contribution is -2.51. The number of hydrogen-bond donors (Lipinski definition) is 2. The molecule has 1 aromatic heterocycles. The topological polar surface area (TPSA) is 66.9 Å². The lowest BCUT2D eigenvalue weighted by Gasteiger charge is -2.28. The molecular weight excluding hydrogens is 286 g/mol. The Labute approximate surface area is 105 Å². The van der Waals surface area contributed by atoms with E-state index < -0.39 is 0 Å². The number of fused-ring (bicyclic) bond motifs is 1. The normalized spacial score (nSPS) is 16.1. The van der Waals surface area contributed by atoms with Gasteiger partial charge in [0.05, 0.1) is 16.9 Å². The highest BCUT2D eigenvalue weighted by molar-refractivity contribution is 9.10. The molecule has 1 fully saturated rings. The number of para-hydroxylation sites is 1. The molecule has 6 heteroatoms. The molecule has 0 radical (unpaired) electrons. The Kier molecular flexibility index (Phi) is 2.41. The van der Waals surface area contributed by atoms with Crippen molar-refractivity contribution in [1.82, 2.24) is 14.9 Å². The molecule has 0 amide bonds. The third kappa shape index (κ3) is 1.56. The van der Waals surface area contributed by atoms with Gasteiger partial charge in [-0.25, -0.2) is 4.79 Å². The van der Waals surface area contributed by atoms with E-state index in [2.05, 4.69) is 26.2 Å². The fourth-order valence-electron chi connectivity index (χ4n) is 2.01. The van der Waals surface area contributed by atoms with Gasteiger partial charge < -0.3 is 10.3 Å². The molecule has 2 N–H and O–H groups in total. The lowest BCUT2D eigenvalue weighted by molar-refractivity contribution is 0.327. The van der Waals surface area contributed by atoms with E-state index in [1.165, 1.54) is 4.57 Å². The van der Waals surface area contributed by atoms with Gasteiger partial charge in [-0.1, -0.05) is 6.07 Å². The van der Waals surface area contributed by atoms with Crippen LogP contribution in [-0.4, -0.2) is 22.6 Å². The van der Waals surface area contributed by atoms with E-state index >= 15 is 0 Å². The number of nitrogens with zero attached hydrogens (tertiary/aromatic N) is 1. The van der Waals surface area contributed by atoms with Crippen molar-refractivity contribution in [3.05, 3.63) is 43.5 Å². The predicted octanol–water partition coefficient (Wildman–Crippen LogP) is 0.597. The number of rotatable bonds is 1. The summed E-state index contributed by atoms with van der Waals surface area (Å²) in [5.41, 5.74) is -0.0107. The summed E-state index contributed by atoms with van der Waals surface area (Å²) in [5, 5.41) is 3.59. The van der Waals surface area contributed by atoms with E-state index in [1.54, 1.807) is 18.2 Å². The molecule has 1 aliphatic rings. The first-order valence-corrected chi connectivity index (χ1v) is 6.11. The molecule has 1 aliphatic heterocycles. The Morgan fingerprint density at radius 2 is 2.06 bits per heavy atom. The number of halogens is 1. The van der Waals surface area contributed by atoms with Gasteiger partial charge in [-0.2, -0.15) is 0 Å². The van der Waals surface area contributed by atoms with Crippen molar-refractivity contribution >= 4 is 26.8 Å². The van der Waals surface area contributed by atoms with Crippen molar-refractivity contribution in [3.63, 3.8) is 0 Å². The zero-order valence-electron chi connectivity index (χ0n) is 8.87. The average molecular weight is 296 g/mol. The van der Waals surface area contributed by atoms with Crippen LogP contribution in [0.2, 0.25) is 0 Å². The molecule has 2 heterocycles. The van der Waals surface area contributed by atoms with Crippen LogP contribution >= 0.6 is 15.9 Å². The van der Waals surface area contributed by atoms with Gasteiger partial charge in [0.15, 0.2) is 0 Å². The second-order valence-corrected chi connectivity index (χ2v) is 4.93. The molecule has 2 aromatic rings. The molecule has 1 saturated heterocycles. The van der Waals surface area contributed by atoms with Crippen LogP contribution in [0.3, 0.4) is 0 Å². The number of aromatic nitrogens is 2. The zero-order chi connectivity index (χ0) is 12.0. The molecule has 0 unspecified atom stereocenters. The summed E-state index contributed by atoms with van der Waals surface area (Å²) < 4.78 is 2.02. The van der Waals surface area contributed by atoms with E-state index in [0.29, 0.717) is 24.0 Å². The highest BCUT2D eigenvalue weighted by Crippen LogP contribution is 2.18.